The first-order chi connectivity index (χ1) is 13.8. The molecular weight excluding hydrogens is 380 g/mol. The summed E-state index contributed by atoms with van der Waals surface area (Å²) >= 11 is 0. The van der Waals surface area contributed by atoms with Crippen LogP contribution < -0.4 is 4.74 Å². The number of hydrogen-bond acceptors (Lipinski definition) is 5. The number of carbonyl (C=O) groups is 1. The zero-order valence-electron chi connectivity index (χ0n) is 19.2. The van der Waals surface area contributed by atoms with E-state index < -0.39 is 5.60 Å². The van der Waals surface area contributed by atoms with E-state index in [9.17, 15) is 9.90 Å². The molecule has 1 unspecified atom stereocenters. The molecular formula is C24H36N2O4. The highest BCUT2D eigenvalue weighted by molar-refractivity contribution is 5.78. The fourth-order valence-electron chi connectivity index (χ4n) is 4.39. The van der Waals surface area contributed by atoms with Crippen molar-refractivity contribution in [3.8, 4) is 11.8 Å². The van der Waals surface area contributed by atoms with Crippen molar-refractivity contribution in [2.45, 2.75) is 84.5 Å². The third-order valence-electron chi connectivity index (χ3n) is 5.39. The third-order valence-corrected chi connectivity index (χ3v) is 5.39. The monoisotopic (exact) mass is 416 g/mol. The molecule has 1 saturated heterocycles. The summed E-state index contributed by atoms with van der Waals surface area (Å²) in [6.07, 6.45) is 2.94. The number of amides is 1. The highest BCUT2D eigenvalue weighted by Crippen LogP contribution is 2.44. The zero-order chi connectivity index (χ0) is 22.7. The molecule has 1 aromatic carbocycles. The average molecular weight is 417 g/mol. The predicted molar refractivity (Wildman–Crippen MR) is 116 cm³/mol. The van der Waals surface area contributed by atoms with Gasteiger partial charge in [0.2, 0.25) is 5.91 Å². The van der Waals surface area contributed by atoms with E-state index in [2.05, 4.69) is 6.07 Å². The Morgan fingerprint density at radius 3 is 2.43 bits per heavy atom. The molecule has 2 N–H and O–H groups in total. The number of rotatable bonds is 4. The number of aliphatic hydroxyl groups is 2. The van der Waals surface area contributed by atoms with Gasteiger partial charge in [0, 0.05) is 31.6 Å². The lowest BCUT2D eigenvalue weighted by Gasteiger charge is -2.41. The summed E-state index contributed by atoms with van der Waals surface area (Å²) in [7, 11) is 0. The number of nitriles is 1. The minimum atomic E-state index is -0.674. The predicted octanol–water partition coefficient (Wildman–Crippen LogP) is 3.95. The molecule has 30 heavy (non-hydrogen) atoms. The Morgan fingerprint density at radius 2 is 1.97 bits per heavy atom. The van der Waals surface area contributed by atoms with Crippen LogP contribution in [0.15, 0.2) is 18.2 Å². The second kappa shape index (κ2) is 8.95. The number of likely N-dealkylation sites (tertiary alicyclic amines) is 1. The fraction of sp³-hybridized carbons (Fsp3) is 0.667. The van der Waals surface area contributed by atoms with Crippen LogP contribution in [0.5, 0.6) is 5.75 Å². The first kappa shape index (κ1) is 24.2. The third kappa shape index (κ3) is 6.45. The standard InChI is InChI=1S/C16H18N2O2.C8H18O2/c1-16(2)9-13(18-7-3-4-15(18)19)12-8-11(10-17)5-6-14(12)20-16;1-7(2,6-9)5-8(3,4)10/h5-6,8,13H,3-4,7,9H2,1-2H3;9-10H,5-6H2,1-4H3. The lowest BCUT2D eigenvalue weighted by molar-refractivity contribution is -0.131. The van der Waals surface area contributed by atoms with Gasteiger partial charge in [0.25, 0.3) is 0 Å². The maximum atomic E-state index is 12.1. The molecule has 2 heterocycles. The zero-order valence-corrected chi connectivity index (χ0v) is 19.2. The van der Waals surface area contributed by atoms with E-state index in [1.807, 2.05) is 44.7 Å². The van der Waals surface area contributed by atoms with Crippen molar-refractivity contribution in [1.29, 1.82) is 5.26 Å². The van der Waals surface area contributed by atoms with E-state index in [-0.39, 0.29) is 29.6 Å². The lowest BCUT2D eigenvalue weighted by Crippen LogP contribution is -2.42. The molecule has 166 valence electrons. The van der Waals surface area contributed by atoms with Crippen molar-refractivity contribution < 1.29 is 19.7 Å². The lowest BCUT2D eigenvalue weighted by atomic mass is 9.83. The van der Waals surface area contributed by atoms with Crippen LogP contribution in [0.1, 0.15) is 84.4 Å². The number of carbonyl (C=O) groups excluding carboxylic acids is 1. The molecule has 2 aliphatic rings. The van der Waals surface area contributed by atoms with Crippen LogP contribution in [0, 0.1) is 16.7 Å². The van der Waals surface area contributed by atoms with Crippen LogP contribution in [0.25, 0.3) is 0 Å². The number of benzene rings is 1. The van der Waals surface area contributed by atoms with Gasteiger partial charge in [-0.25, -0.2) is 0 Å². The molecule has 2 aliphatic heterocycles. The van der Waals surface area contributed by atoms with Crippen molar-refractivity contribution in [1.82, 2.24) is 4.90 Å². The summed E-state index contributed by atoms with van der Waals surface area (Å²) in [5.41, 5.74) is 0.446. The molecule has 0 aromatic heterocycles. The van der Waals surface area contributed by atoms with Gasteiger partial charge in [-0.1, -0.05) is 13.8 Å². The molecule has 0 radical (unpaired) electrons. The molecule has 0 saturated carbocycles. The van der Waals surface area contributed by atoms with Gasteiger partial charge in [-0.15, -0.1) is 0 Å². The van der Waals surface area contributed by atoms with Crippen molar-refractivity contribution in [3.05, 3.63) is 29.3 Å². The number of aliphatic hydroxyl groups excluding tert-OH is 1. The number of nitrogens with zero attached hydrogens (tertiary/aromatic N) is 2. The van der Waals surface area contributed by atoms with Gasteiger partial charge in [0.15, 0.2) is 0 Å². The Bertz CT molecular complexity index is 802. The highest BCUT2D eigenvalue weighted by Gasteiger charge is 2.39. The normalized spacial score (nSPS) is 20.6. The van der Waals surface area contributed by atoms with Crippen LogP contribution in [-0.4, -0.2) is 45.4 Å². The van der Waals surface area contributed by atoms with E-state index in [1.165, 1.54) is 0 Å². The molecule has 6 heteroatoms. The van der Waals surface area contributed by atoms with Crippen molar-refractivity contribution in [2.75, 3.05) is 13.2 Å². The highest BCUT2D eigenvalue weighted by atomic mass is 16.5. The molecule has 1 aromatic rings. The Labute approximate surface area is 180 Å². The van der Waals surface area contributed by atoms with E-state index in [0.29, 0.717) is 18.4 Å². The van der Waals surface area contributed by atoms with Gasteiger partial charge in [-0.3, -0.25) is 4.79 Å². The van der Waals surface area contributed by atoms with Crippen LogP contribution in [0.4, 0.5) is 0 Å². The molecule has 0 aliphatic carbocycles. The minimum absolute atomic E-state index is 0.0250. The van der Waals surface area contributed by atoms with Gasteiger partial charge in [-0.05, 0) is 64.2 Å². The van der Waals surface area contributed by atoms with E-state index in [0.717, 1.165) is 30.7 Å². The topological polar surface area (TPSA) is 93.8 Å². The largest absolute Gasteiger partial charge is 0.487 e. The Balaban J connectivity index is 0.000000274. The van der Waals surface area contributed by atoms with E-state index in [1.54, 1.807) is 19.9 Å². The molecule has 0 bridgehead atoms. The maximum Gasteiger partial charge on any atom is 0.223 e. The molecule has 1 amide bonds. The summed E-state index contributed by atoms with van der Waals surface area (Å²) in [6, 6.07) is 7.66. The SMILES string of the molecule is CC(C)(O)CC(C)(C)CO.CC1(C)CC(N2CCCC2=O)c2cc(C#N)ccc2O1. The van der Waals surface area contributed by atoms with Crippen LogP contribution in [0.3, 0.4) is 0 Å². The van der Waals surface area contributed by atoms with Crippen molar-refractivity contribution in [2.24, 2.45) is 5.41 Å². The second-order valence-corrected chi connectivity index (χ2v) is 10.4. The van der Waals surface area contributed by atoms with Crippen molar-refractivity contribution in [3.63, 3.8) is 0 Å². The summed E-state index contributed by atoms with van der Waals surface area (Å²) < 4.78 is 6.00. The van der Waals surface area contributed by atoms with E-state index >= 15 is 0 Å². The Morgan fingerprint density at radius 1 is 1.30 bits per heavy atom. The van der Waals surface area contributed by atoms with Crippen molar-refractivity contribution >= 4 is 5.91 Å². The fourth-order valence-corrected chi connectivity index (χ4v) is 4.39. The number of ether oxygens (including phenoxy) is 1. The quantitative estimate of drug-likeness (QED) is 0.775. The smallest absolute Gasteiger partial charge is 0.223 e. The van der Waals surface area contributed by atoms with Gasteiger partial charge in [0.05, 0.1) is 23.3 Å². The minimum Gasteiger partial charge on any atom is -0.487 e. The maximum absolute atomic E-state index is 12.1. The average Bonchev–Trinajstić information content (AvgIpc) is 3.04. The van der Waals surface area contributed by atoms with Gasteiger partial charge >= 0.3 is 0 Å². The van der Waals surface area contributed by atoms with Gasteiger partial charge < -0.3 is 19.8 Å². The number of hydrogen-bond donors (Lipinski definition) is 2. The molecule has 0 spiro atoms. The molecule has 1 fully saturated rings. The second-order valence-electron chi connectivity index (χ2n) is 10.4. The first-order valence-corrected chi connectivity index (χ1v) is 10.6. The van der Waals surface area contributed by atoms with Crippen LogP contribution in [-0.2, 0) is 4.79 Å². The van der Waals surface area contributed by atoms with Gasteiger partial charge in [-0.2, -0.15) is 5.26 Å². The molecule has 3 rings (SSSR count). The Kier molecular flexibility index (Phi) is 7.21. The first-order valence-electron chi connectivity index (χ1n) is 10.6. The van der Waals surface area contributed by atoms with Gasteiger partial charge in [0.1, 0.15) is 11.4 Å². The summed E-state index contributed by atoms with van der Waals surface area (Å²) in [5, 5.41) is 27.3. The summed E-state index contributed by atoms with van der Waals surface area (Å²) in [6.45, 7) is 12.4. The summed E-state index contributed by atoms with van der Waals surface area (Å²) in [5.74, 6) is 1.01. The van der Waals surface area contributed by atoms with E-state index in [4.69, 9.17) is 15.1 Å². The summed E-state index contributed by atoms with van der Waals surface area (Å²) in [4.78, 5) is 14.0. The molecule has 1 atom stereocenters. The van der Waals surface area contributed by atoms with Crippen LogP contribution >= 0.6 is 0 Å². The number of fused-ring (bicyclic) bond motifs is 1. The Hall–Kier alpha value is -2.10. The van der Waals surface area contributed by atoms with Crippen LogP contribution in [0.2, 0.25) is 0 Å². The molecule has 6 nitrogen and oxygen atoms in total.